The van der Waals surface area contributed by atoms with Gasteiger partial charge in [-0.1, -0.05) is 13.8 Å². The summed E-state index contributed by atoms with van der Waals surface area (Å²) >= 11 is 0. The minimum Gasteiger partial charge on any atom is -0.449 e. The number of nitriles is 1. The molecule has 14 heavy (non-hydrogen) atoms. The zero-order chi connectivity index (χ0) is 11.0. The zero-order valence-corrected chi connectivity index (χ0v) is 9.12. The molecule has 0 saturated heterocycles. The Morgan fingerprint density at radius 3 is 2.71 bits per heavy atom. The van der Waals surface area contributed by atoms with Crippen molar-refractivity contribution in [3.05, 3.63) is 0 Å². The van der Waals surface area contributed by atoms with E-state index in [1.165, 1.54) is 4.90 Å². The van der Waals surface area contributed by atoms with E-state index in [4.69, 9.17) is 10.00 Å². The molecule has 0 aliphatic carbocycles. The van der Waals surface area contributed by atoms with Crippen molar-refractivity contribution in [3.8, 4) is 6.07 Å². The first-order chi connectivity index (χ1) is 6.57. The van der Waals surface area contributed by atoms with Gasteiger partial charge in [-0.3, -0.25) is 0 Å². The maximum Gasteiger partial charge on any atom is 0.409 e. The molecule has 0 fully saturated rings. The lowest BCUT2D eigenvalue weighted by molar-refractivity contribution is 0.107. The van der Waals surface area contributed by atoms with Crippen LogP contribution >= 0.6 is 0 Å². The number of rotatable bonds is 5. The van der Waals surface area contributed by atoms with Crippen molar-refractivity contribution in [3.63, 3.8) is 0 Å². The van der Waals surface area contributed by atoms with Gasteiger partial charge in [0, 0.05) is 13.6 Å². The van der Waals surface area contributed by atoms with E-state index in [-0.39, 0.29) is 6.09 Å². The van der Waals surface area contributed by atoms with Gasteiger partial charge in [-0.05, 0) is 12.3 Å². The van der Waals surface area contributed by atoms with Crippen molar-refractivity contribution in [1.29, 1.82) is 5.26 Å². The average Bonchev–Trinajstić information content (AvgIpc) is 2.13. The number of hydrogen-bond donors (Lipinski definition) is 0. The topological polar surface area (TPSA) is 53.3 Å². The Hall–Kier alpha value is -1.24. The molecule has 0 N–H and O–H groups in total. The van der Waals surface area contributed by atoms with Gasteiger partial charge >= 0.3 is 6.09 Å². The van der Waals surface area contributed by atoms with Crippen LogP contribution < -0.4 is 0 Å². The maximum absolute atomic E-state index is 11.2. The van der Waals surface area contributed by atoms with Crippen LogP contribution in [0.15, 0.2) is 0 Å². The predicted molar refractivity (Wildman–Crippen MR) is 53.7 cm³/mol. The molecular weight excluding hydrogens is 180 g/mol. The highest BCUT2D eigenvalue weighted by atomic mass is 16.6. The SMILES string of the molecule is CC(C)CCOC(=O)N(C)CCC#N. The average molecular weight is 198 g/mol. The summed E-state index contributed by atoms with van der Waals surface area (Å²) in [5.74, 6) is 0.534. The molecule has 0 spiro atoms. The summed E-state index contributed by atoms with van der Waals surface area (Å²) in [5.41, 5.74) is 0. The second-order valence-corrected chi connectivity index (χ2v) is 3.63. The van der Waals surface area contributed by atoms with Gasteiger partial charge in [0.05, 0.1) is 19.1 Å². The van der Waals surface area contributed by atoms with Gasteiger partial charge < -0.3 is 9.64 Å². The Bertz CT molecular complexity index is 209. The van der Waals surface area contributed by atoms with E-state index in [2.05, 4.69) is 13.8 Å². The van der Waals surface area contributed by atoms with E-state index in [0.717, 1.165) is 6.42 Å². The summed E-state index contributed by atoms with van der Waals surface area (Å²) in [6.45, 7) is 5.03. The van der Waals surface area contributed by atoms with Crippen LogP contribution in [0.1, 0.15) is 26.7 Å². The fourth-order valence-electron chi connectivity index (χ4n) is 0.801. The first kappa shape index (κ1) is 12.8. The van der Waals surface area contributed by atoms with Crippen LogP contribution in [0, 0.1) is 17.2 Å². The van der Waals surface area contributed by atoms with Crippen LogP contribution in [0.4, 0.5) is 4.79 Å². The summed E-state index contributed by atoms with van der Waals surface area (Å²) < 4.78 is 4.99. The molecule has 1 amide bonds. The number of hydrogen-bond acceptors (Lipinski definition) is 3. The Morgan fingerprint density at radius 2 is 2.21 bits per heavy atom. The van der Waals surface area contributed by atoms with Gasteiger partial charge in [0.15, 0.2) is 0 Å². The first-order valence-electron chi connectivity index (χ1n) is 4.82. The van der Waals surface area contributed by atoms with Crippen molar-refractivity contribution in [2.45, 2.75) is 26.7 Å². The van der Waals surface area contributed by atoms with Crippen molar-refractivity contribution < 1.29 is 9.53 Å². The van der Waals surface area contributed by atoms with Crippen LogP contribution in [0.5, 0.6) is 0 Å². The quantitative estimate of drug-likeness (QED) is 0.679. The number of ether oxygens (including phenoxy) is 1. The molecule has 0 aromatic rings. The van der Waals surface area contributed by atoms with E-state index in [9.17, 15) is 4.79 Å². The monoisotopic (exact) mass is 198 g/mol. The molecule has 4 nitrogen and oxygen atoms in total. The lowest BCUT2D eigenvalue weighted by Crippen LogP contribution is -2.28. The van der Waals surface area contributed by atoms with Crippen LogP contribution in [-0.2, 0) is 4.74 Å². The van der Waals surface area contributed by atoms with Crippen LogP contribution in [0.3, 0.4) is 0 Å². The highest BCUT2D eigenvalue weighted by Crippen LogP contribution is 2.00. The van der Waals surface area contributed by atoms with E-state index >= 15 is 0 Å². The Labute approximate surface area is 85.5 Å². The van der Waals surface area contributed by atoms with E-state index in [1.54, 1.807) is 7.05 Å². The van der Waals surface area contributed by atoms with Crippen molar-refractivity contribution in [2.75, 3.05) is 20.2 Å². The van der Waals surface area contributed by atoms with E-state index < -0.39 is 0 Å². The molecule has 0 aliphatic rings. The highest BCUT2D eigenvalue weighted by Gasteiger charge is 2.08. The maximum atomic E-state index is 11.2. The molecule has 0 aliphatic heterocycles. The van der Waals surface area contributed by atoms with Gasteiger partial charge in [-0.25, -0.2) is 4.79 Å². The number of carbonyl (C=O) groups excluding carboxylic acids is 1. The standard InChI is InChI=1S/C10H18N2O2/c1-9(2)5-8-14-10(13)12(3)7-4-6-11/h9H,4-5,7-8H2,1-3H3. The third-order valence-corrected chi connectivity index (χ3v) is 1.79. The third kappa shape index (κ3) is 6.30. The summed E-state index contributed by atoms with van der Waals surface area (Å²) in [7, 11) is 1.63. The normalized spacial score (nSPS) is 9.64. The second kappa shape index (κ2) is 7.19. The lowest BCUT2D eigenvalue weighted by atomic mass is 10.1. The molecule has 0 aromatic heterocycles. The Kier molecular flexibility index (Phi) is 6.55. The minimum atomic E-state index is -0.346. The highest BCUT2D eigenvalue weighted by molar-refractivity contribution is 5.67. The predicted octanol–water partition coefficient (Wildman–Crippen LogP) is 2.01. The summed E-state index contributed by atoms with van der Waals surface area (Å²) in [6, 6.07) is 1.98. The van der Waals surface area contributed by atoms with Crippen LogP contribution in [-0.4, -0.2) is 31.2 Å². The Balaban J connectivity index is 3.58. The van der Waals surface area contributed by atoms with Gasteiger partial charge in [0.1, 0.15) is 0 Å². The van der Waals surface area contributed by atoms with Gasteiger partial charge in [-0.15, -0.1) is 0 Å². The fraction of sp³-hybridized carbons (Fsp3) is 0.800. The van der Waals surface area contributed by atoms with E-state index in [0.29, 0.717) is 25.5 Å². The summed E-state index contributed by atoms with van der Waals surface area (Å²) in [6.07, 6.45) is 0.869. The van der Waals surface area contributed by atoms with Crippen molar-refractivity contribution in [1.82, 2.24) is 4.90 Å². The molecule has 0 saturated carbocycles. The van der Waals surface area contributed by atoms with Gasteiger partial charge in [0.2, 0.25) is 0 Å². The molecule has 0 bridgehead atoms. The minimum absolute atomic E-state index is 0.343. The van der Waals surface area contributed by atoms with Gasteiger partial charge in [0.25, 0.3) is 0 Å². The number of amides is 1. The third-order valence-electron chi connectivity index (χ3n) is 1.79. The zero-order valence-electron chi connectivity index (χ0n) is 9.12. The Morgan fingerprint density at radius 1 is 1.57 bits per heavy atom. The van der Waals surface area contributed by atoms with Crippen LogP contribution in [0.2, 0.25) is 0 Å². The molecule has 80 valence electrons. The van der Waals surface area contributed by atoms with Crippen LogP contribution in [0.25, 0.3) is 0 Å². The molecule has 0 unspecified atom stereocenters. The molecule has 0 radical (unpaired) electrons. The smallest absolute Gasteiger partial charge is 0.409 e. The number of nitrogens with zero attached hydrogens (tertiary/aromatic N) is 2. The number of carbonyl (C=O) groups is 1. The molecule has 4 heteroatoms. The molecule has 0 aromatic carbocycles. The van der Waals surface area contributed by atoms with Crippen molar-refractivity contribution >= 4 is 6.09 Å². The molecular formula is C10H18N2O2. The summed E-state index contributed by atoms with van der Waals surface area (Å²) in [5, 5.41) is 8.32. The second-order valence-electron chi connectivity index (χ2n) is 3.63. The van der Waals surface area contributed by atoms with Crippen molar-refractivity contribution in [2.24, 2.45) is 5.92 Å². The molecule has 0 rings (SSSR count). The largest absolute Gasteiger partial charge is 0.449 e. The molecule has 0 heterocycles. The lowest BCUT2D eigenvalue weighted by Gasteiger charge is -2.15. The first-order valence-corrected chi connectivity index (χ1v) is 4.82. The molecule has 0 atom stereocenters. The summed E-state index contributed by atoms with van der Waals surface area (Å²) in [4.78, 5) is 12.6. The van der Waals surface area contributed by atoms with Gasteiger partial charge in [-0.2, -0.15) is 5.26 Å². The fourth-order valence-corrected chi connectivity index (χ4v) is 0.801. The van der Waals surface area contributed by atoms with E-state index in [1.807, 2.05) is 6.07 Å².